The first-order valence-corrected chi connectivity index (χ1v) is 8.05. The Hall–Kier alpha value is -0.510. The number of aromatic nitrogens is 3. The summed E-state index contributed by atoms with van der Waals surface area (Å²) >= 11 is 3.07. The molecular formula is C10H19BrN4O3S. The Morgan fingerprint density at radius 3 is 2.42 bits per heavy atom. The standard InChI is InChI=1S/C10H19BrN4O3S/c1-10(2,3)7(5-6-16)13-19(17,18)9-8(11)12-14-15(9)4/h7,13,16H,5-6H2,1-4H3. The lowest BCUT2D eigenvalue weighted by Crippen LogP contribution is -2.44. The highest BCUT2D eigenvalue weighted by molar-refractivity contribution is 9.10. The average Bonchev–Trinajstić information content (AvgIpc) is 2.56. The molecular weight excluding hydrogens is 336 g/mol. The number of hydrogen-bond donors (Lipinski definition) is 2. The van der Waals surface area contributed by atoms with Crippen LogP contribution in [0.25, 0.3) is 0 Å². The molecule has 0 amide bonds. The zero-order valence-corrected chi connectivity index (χ0v) is 13.8. The van der Waals surface area contributed by atoms with E-state index in [4.69, 9.17) is 5.11 Å². The van der Waals surface area contributed by atoms with Crippen molar-refractivity contribution in [3.05, 3.63) is 4.60 Å². The molecule has 7 nitrogen and oxygen atoms in total. The number of hydrogen-bond acceptors (Lipinski definition) is 5. The predicted octanol–water partition coefficient (Wildman–Crippen LogP) is 0.653. The second kappa shape index (κ2) is 5.86. The third kappa shape index (κ3) is 3.98. The summed E-state index contributed by atoms with van der Waals surface area (Å²) in [5.74, 6) is 0. The molecule has 0 fully saturated rings. The number of nitrogens with one attached hydrogen (secondary N) is 1. The van der Waals surface area contributed by atoms with Gasteiger partial charge in [0, 0.05) is 19.7 Å². The van der Waals surface area contributed by atoms with Gasteiger partial charge in [0.25, 0.3) is 10.0 Å². The molecule has 0 bridgehead atoms. The molecule has 2 N–H and O–H groups in total. The van der Waals surface area contributed by atoms with Gasteiger partial charge in [0.1, 0.15) is 0 Å². The highest BCUT2D eigenvalue weighted by Crippen LogP contribution is 2.25. The van der Waals surface area contributed by atoms with Gasteiger partial charge in [-0.25, -0.2) is 17.8 Å². The SMILES string of the molecule is Cn1nnc(Br)c1S(=O)(=O)NC(CCO)C(C)(C)C. The summed E-state index contributed by atoms with van der Waals surface area (Å²) in [7, 11) is -2.25. The van der Waals surface area contributed by atoms with E-state index in [1.165, 1.54) is 11.7 Å². The van der Waals surface area contributed by atoms with E-state index in [0.717, 1.165) is 0 Å². The molecule has 0 aliphatic carbocycles. The Labute approximate surface area is 121 Å². The molecule has 0 spiro atoms. The van der Waals surface area contributed by atoms with Crippen molar-refractivity contribution in [1.29, 1.82) is 0 Å². The predicted molar refractivity (Wildman–Crippen MR) is 74.0 cm³/mol. The second-order valence-corrected chi connectivity index (χ2v) is 7.74. The highest BCUT2D eigenvalue weighted by atomic mass is 79.9. The van der Waals surface area contributed by atoms with Crippen LogP contribution in [0.3, 0.4) is 0 Å². The Morgan fingerprint density at radius 1 is 1.47 bits per heavy atom. The largest absolute Gasteiger partial charge is 0.396 e. The van der Waals surface area contributed by atoms with E-state index in [2.05, 4.69) is 31.0 Å². The number of aryl methyl sites for hydroxylation is 1. The summed E-state index contributed by atoms with van der Waals surface area (Å²) in [5.41, 5.74) is -0.311. The Bertz CT molecular complexity index is 516. The lowest BCUT2D eigenvalue weighted by atomic mass is 9.86. The van der Waals surface area contributed by atoms with Crippen LogP contribution in [0.1, 0.15) is 27.2 Å². The van der Waals surface area contributed by atoms with Gasteiger partial charge in [-0.2, -0.15) is 0 Å². The first kappa shape index (κ1) is 16.5. The summed E-state index contributed by atoms with van der Waals surface area (Å²) in [6.07, 6.45) is 0.339. The molecule has 19 heavy (non-hydrogen) atoms. The van der Waals surface area contributed by atoms with Gasteiger partial charge in [0.2, 0.25) is 5.03 Å². The van der Waals surface area contributed by atoms with Gasteiger partial charge in [0.15, 0.2) is 4.60 Å². The Balaban J connectivity index is 3.08. The quantitative estimate of drug-likeness (QED) is 0.809. The fourth-order valence-corrected chi connectivity index (χ4v) is 4.22. The van der Waals surface area contributed by atoms with Crippen LogP contribution in [-0.4, -0.2) is 41.2 Å². The first-order chi connectivity index (χ1) is 8.59. The monoisotopic (exact) mass is 354 g/mol. The van der Waals surface area contributed by atoms with Gasteiger partial charge < -0.3 is 5.11 Å². The fourth-order valence-electron chi connectivity index (χ4n) is 1.65. The van der Waals surface area contributed by atoms with Gasteiger partial charge in [0.05, 0.1) is 0 Å². The number of aliphatic hydroxyl groups is 1. The molecule has 0 radical (unpaired) electrons. The topological polar surface area (TPSA) is 97.1 Å². The molecule has 0 saturated heterocycles. The van der Waals surface area contributed by atoms with Crippen molar-refractivity contribution in [1.82, 2.24) is 19.7 Å². The van der Waals surface area contributed by atoms with Crippen molar-refractivity contribution in [2.75, 3.05) is 6.61 Å². The summed E-state index contributed by atoms with van der Waals surface area (Å²) in [6, 6.07) is -0.385. The average molecular weight is 355 g/mol. The minimum Gasteiger partial charge on any atom is -0.396 e. The molecule has 1 heterocycles. The molecule has 1 aromatic heterocycles. The minimum absolute atomic E-state index is 0.0281. The lowest BCUT2D eigenvalue weighted by molar-refractivity contribution is 0.214. The van der Waals surface area contributed by atoms with Crippen LogP contribution in [0, 0.1) is 5.41 Å². The van der Waals surface area contributed by atoms with Crippen LogP contribution in [0.4, 0.5) is 0 Å². The first-order valence-electron chi connectivity index (χ1n) is 5.78. The van der Waals surface area contributed by atoms with Gasteiger partial charge >= 0.3 is 0 Å². The molecule has 0 saturated carbocycles. The molecule has 1 unspecified atom stereocenters. The van der Waals surface area contributed by atoms with Crippen molar-refractivity contribution >= 4 is 26.0 Å². The molecule has 1 atom stereocenters. The number of nitrogens with zero attached hydrogens (tertiary/aromatic N) is 3. The summed E-state index contributed by atoms with van der Waals surface area (Å²) in [4.78, 5) is 0. The van der Waals surface area contributed by atoms with Crippen LogP contribution in [-0.2, 0) is 17.1 Å². The number of rotatable bonds is 5. The van der Waals surface area contributed by atoms with Crippen LogP contribution in [0.5, 0.6) is 0 Å². The van der Waals surface area contributed by atoms with E-state index in [1.54, 1.807) is 0 Å². The number of sulfonamides is 1. The zero-order valence-electron chi connectivity index (χ0n) is 11.4. The molecule has 1 aromatic rings. The van der Waals surface area contributed by atoms with Crippen LogP contribution < -0.4 is 4.72 Å². The minimum atomic E-state index is -3.75. The summed E-state index contributed by atoms with van der Waals surface area (Å²) < 4.78 is 28.6. The van der Waals surface area contributed by atoms with Crippen molar-refractivity contribution < 1.29 is 13.5 Å². The molecule has 0 aliphatic rings. The van der Waals surface area contributed by atoms with Crippen LogP contribution >= 0.6 is 15.9 Å². The van der Waals surface area contributed by atoms with E-state index in [0.29, 0.717) is 6.42 Å². The van der Waals surface area contributed by atoms with Crippen LogP contribution in [0.15, 0.2) is 9.63 Å². The van der Waals surface area contributed by atoms with Gasteiger partial charge in [-0.05, 0) is 27.8 Å². The van der Waals surface area contributed by atoms with Crippen LogP contribution in [0.2, 0.25) is 0 Å². The van der Waals surface area contributed by atoms with Crippen molar-refractivity contribution in [3.8, 4) is 0 Å². The molecule has 0 aromatic carbocycles. The van der Waals surface area contributed by atoms with E-state index in [9.17, 15) is 8.42 Å². The highest BCUT2D eigenvalue weighted by Gasteiger charge is 2.32. The zero-order chi connectivity index (χ0) is 14.8. The third-order valence-corrected chi connectivity index (χ3v) is 5.11. The maximum atomic E-state index is 12.3. The van der Waals surface area contributed by atoms with Crippen molar-refractivity contribution in [3.63, 3.8) is 0 Å². The second-order valence-electron chi connectivity index (χ2n) is 5.36. The normalized spacial score (nSPS) is 14.6. The molecule has 110 valence electrons. The van der Waals surface area contributed by atoms with E-state index in [1.807, 2.05) is 20.8 Å². The van der Waals surface area contributed by atoms with E-state index >= 15 is 0 Å². The number of aliphatic hydroxyl groups excluding tert-OH is 1. The van der Waals surface area contributed by atoms with Crippen molar-refractivity contribution in [2.45, 2.75) is 38.3 Å². The maximum Gasteiger partial charge on any atom is 0.260 e. The molecule has 9 heteroatoms. The van der Waals surface area contributed by atoms with Gasteiger partial charge in [-0.1, -0.05) is 26.0 Å². The van der Waals surface area contributed by atoms with Gasteiger partial charge in [-0.3, -0.25) is 0 Å². The molecule has 0 aliphatic heterocycles. The Morgan fingerprint density at radius 2 is 2.05 bits per heavy atom. The third-order valence-electron chi connectivity index (χ3n) is 2.75. The smallest absolute Gasteiger partial charge is 0.260 e. The van der Waals surface area contributed by atoms with E-state index in [-0.39, 0.29) is 27.7 Å². The summed E-state index contributed by atoms with van der Waals surface area (Å²) in [6.45, 7) is 5.64. The fraction of sp³-hybridized carbons (Fsp3) is 0.800. The van der Waals surface area contributed by atoms with Gasteiger partial charge in [-0.15, -0.1) is 5.10 Å². The lowest BCUT2D eigenvalue weighted by Gasteiger charge is -2.30. The maximum absolute atomic E-state index is 12.3. The van der Waals surface area contributed by atoms with E-state index < -0.39 is 10.0 Å². The number of halogens is 1. The Kier molecular flexibility index (Phi) is 5.10. The van der Waals surface area contributed by atoms with Crippen molar-refractivity contribution in [2.24, 2.45) is 12.5 Å². The molecule has 1 rings (SSSR count). The summed E-state index contributed by atoms with van der Waals surface area (Å²) in [5, 5.41) is 16.3.